The lowest BCUT2D eigenvalue weighted by Crippen LogP contribution is -3.05. The molecule has 0 aromatic heterocycles. The van der Waals surface area contributed by atoms with Gasteiger partial charge >= 0.3 is 0 Å². The molecule has 1 aromatic carbocycles. The normalized spacial score (nSPS) is 10.2. The average molecular weight is 268 g/mol. The van der Waals surface area contributed by atoms with Gasteiger partial charge in [-0.25, -0.2) is 0 Å². The molecule has 0 heterocycles. The zero-order chi connectivity index (χ0) is 13.4. The molecule has 0 saturated carbocycles. The maximum atomic E-state index is 5.25. The number of para-hydroxylation sites is 2. The molecule has 5 heteroatoms. The molecule has 0 aliphatic carbocycles. The highest BCUT2D eigenvalue weighted by atomic mass is 32.1. The lowest BCUT2D eigenvalue weighted by Gasteiger charge is -2.13. The molecule has 0 radical (unpaired) electrons. The van der Waals surface area contributed by atoms with Crippen molar-refractivity contribution >= 4 is 23.0 Å². The van der Waals surface area contributed by atoms with Gasteiger partial charge in [-0.15, -0.1) is 0 Å². The number of benzene rings is 1. The lowest BCUT2D eigenvalue weighted by molar-refractivity contribution is -0.858. The van der Waals surface area contributed by atoms with Crippen LogP contribution in [0.1, 0.15) is 6.42 Å². The van der Waals surface area contributed by atoms with Crippen LogP contribution in [-0.2, 0) is 0 Å². The summed E-state index contributed by atoms with van der Waals surface area (Å²) in [6, 6.07) is 7.72. The third-order valence-electron chi connectivity index (χ3n) is 2.49. The van der Waals surface area contributed by atoms with Gasteiger partial charge in [-0.05, 0) is 24.4 Å². The van der Waals surface area contributed by atoms with Crippen LogP contribution in [0.5, 0.6) is 5.75 Å². The van der Waals surface area contributed by atoms with Crippen LogP contribution < -0.4 is 20.3 Å². The Bertz CT molecular complexity index is 382. The van der Waals surface area contributed by atoms with Crippen molar-refractivity contribution in [1.82, 2.24) is 5.32 Å². The summed E-state index contributed by atoms with van der Waals surface area (Å²) in [6.45, 7) is 2.01. The van der Waals surface area contributed by atoms with Crippen molar-refractivity contribution in [1.29, 1.82) is 0 Å². The third-order valence-corrected chi connectivity index (χ3v) is 2.74. The number of methoxy groups -OCH3 is 1. The van der Waals surface area contributed by atoms with Crippen LogP contribution in [0.25, 0.3) is 0 Å². The molecule has 100 valence electrons. The fraction of sp³-hybridized carbons (Fsp3) is 0.462. The maximum Gasteiger partial charge on any atom is 0.170 e. The molecule has 1 rings (SSSR count). The summed E-state index contributed by atoms with van der Waals surface area (Å²) in [5.74, 6) is 0.791. The fourth-order valence-electron chi connectivity index (χ4n) is 1.56. The summed E-state index contributed by atoms with van der Waals surface area (Å²) >= 11 is 5.24. The molecule has 0 unspecified atom stereocenters. The highest BCUT2D eigenvalue weighted by Gasteiger charge is 2.03. The molecule has 0 bridgehead atoms. The molecular formula is C13H22N3OS+. The monoisotopic (exact) mass is 268 g/mol. The summed E-state index contributed by atoms with van der Waals surface area (Å²) in [5, 5.41) is 6.96. The van der Waals surface area contributed by atoms with Crippen LogP contribution in [0.2, 0.25) is 0 Å². The van der Waals surface area contributed by atoms with E-state index in [0.29, 0.717) is 5.11 Å². The van der Waals surface area contributed by atoms with Crippen molar-refractivity contribution in [3.05, 3.63) is 24.3 Å². The number of hydrogen-bond donors (Lipinski definition) is 3. The van der Waals surface area contributed by atoms with E-state index < -0.39 is 0 Å². The highest BCUT2D eigenvalue weighted by Crippen LogP contribution is 2.22. The summed E-state index contributed by atoms with van der Waals surface area (Å²) in [7, 11) is 5.94. The van der Waals surface area contributed by atoms with Gasteiger partial charge in [0, 0.05) is 13.0 Å². The van der Waals surface area contributed by atoms with Crippen LogP contribution >= 0.6 is 12.2 Å². The van der Waals surface area contributed by atoms with Gasteiger partial charge in [-0.3, -0.25) is 0 Å². The zero-order valence-electron chi connectivity index (χ0n) is 11.2. The second kappa shape index (κ2) is 7.89. The molecule has 4 nitrogen and oxygen atoms in total. The Morgan fingerprint density at radius 1 is 1.33 bits per heavy atom. The summed E-state index contributed by atoms with van der Waals surface area (Å²) in [4.78, 5) is 1.44. The van der Waals surface area contributed by atoms with Crippen molar-refractivity contribution in [3.63, 3.8) is 0 Å². The summed E-state index contributed by atoms with van der Waals surface area (Å²) < 4.78 is 5.25. The first kappa shape index (κ1) is 14.7. The van der Waals surface area contributed by atoms with Gasteiger partial charge in [-0.2, -0.15) is 0 Å². The van der Waals surface area contributed by atoms with E-state index in [1.807, 2.05) is 24.3 Å². The predicted octanol–water partition coefficient (Wildman–Crippen LogP) is 0.516. The lowest BCUT2D eigenvalue weighted by atomic mass is 10.3. The molecule has 0 aliphatic heterocycles. The van der Waals surface area contributed by atoms with Gasteiger partial charge < -0.3 is 20.3 Å². The predicted molar refractivity (Wildman–Crippen MR) is 79.5 cm³/mol. The number of thiocarbonyl (C=S) groups is 1. The number of hydrogen-bond acceptors (Lipinski definition) is 2. The number of rotatable bonds is 6. The van der Waals surface area contributed by atoms with Crippen LogP contribution in [0.3, 0.4) is 0 Å². The molecular weight excluding hydrogens is 246 g/mol. The van der Waals surface area contributed by atoms with Crippen molar-refractivity contribution in [2.75, 3.05) is 39.6 Å². The molecule has 0 atom stereocenters. The van der Waals surface area contributed by atoms with Crippen molar-refractivity contribution in [3.8, 4) is 5.75 Å². The van der Waals surface area contributed by atoms with Crippen molar-refractivity contribution in [2.45, 2.75) is 6.42 Å². The first-order valence-electron chi connectivity index (χ1n) is 6.10. The minimum atomic E-state index is 0.633. The van der Waals surface area contributed by atoms with E-state index in [-0.39, 0.29) is 0 Å². The quantitative estimate of drug-likeness (QED) is 0.519. The van der Waals surface area contributed by atoms with E-state index in [4.69, 9.17) is 17.0 Å². The smallest absolute Gasteiger partial charge is 0.170 e. The van der Waals surface area contributed by atoms with Gasteiger partial charge in [0.1, 0.15) is 5.75 Å². The number of anilines is 1. The van der Waals surface area contributed by atoms with E-state index in [9.17, 15) is 0 Å². The number of ether oxygens (including phenoxy) is 1. The average Bonchev–Trinajstić information content (AvgIpc) is 2.35. The largest absolute Gasteiger partial charge is 0.495 e. The van der Waals surface area contributed by atoms with Crippen molar-refractivity contribution < 1.29 is 9.64 Å². The van der Waals surface area contributed by atoms with Gasteiger partial charge in [0.05, 0.1) is 33.4 Å². The molecule has 1 aromatic rings. The first-order valence-corrected chi connectivity index (χ1v) is 6.51. The minimum Gasteiger partial charge on any atom is -0.495 e. The minimum absolute atomic E-state index is 0.633. The molecule has 3 N–H and O–H groups in total. The molecule has 18 heavy (non-hydrogen) atoms. The Morgan fingerprint density at radius 2 is 2.06 bits per heavy atom. The van der Waals surface area contributed by atoms with E-state index in [2.05, 4.69) is 24.7 Å². The standard InChI is InChI=1S/C13H21N3OS/c1-16(2)10-6-9-14-13(18)15-11-7-4-5-8-12(11)17-3/h4-5,7-8H,6,9-10H2,1-3H3,(H2,14,15,18)/p+1. The second-order valence-corrected chi connectivity index (χ2v) is 4.80. The maximum absolute atomic E-state index is 5.25. The van der Waals surface area contributed by atoms with Crippen molar-refractivity contribution in [2.24, 2.45) is 0 Å². The molecule has 0 spiro atoms. The zero-order valence-corrected chi connectivity index (χ0v) is 12.1. The molecule has 0 saturated heterocycles. The molecule has 0 fully saturated rings. The topological polar surface area (TPSA) is 37.7 Å². The Hall–Kier alpha value is -1.33. The summed E-state index contributed by atoms with van der Waals surface area (Å²) in [6.07, 6.45) is 1.09. The van der Waals surface area contributed by atoms with Crippen LogP contribution in [0.15, 0.2) is 24.3 Å². The van der Waals surface area contributed by atoms with E-state index in [1.54, 1.807) is 7.11 Å². The highest BCUT2D eigenvalue weighted by molar-refractivity contribution is 7.80. The van der Waals surface area contributed by atoms with Gasteiger partial charge in [-0.1, -0.05) is 12.1 Å². The Morgan fingerprint density at radius 3 is 2.72 bits per heavy atom. The van der Waals surface area contributed by atoms with Crippen LogP contribution in [0.4, 0.5) is 5.69 Å². The van der Waals surface area contributed by atoms with Crippen LogP contribution in [0, 0.1) is 0 Å². The third kappa shape index (κ3) is 5.33. The van der Waals surface area contributed by atoms with E-state index in [1.165, 1.54) is 4.90 Å². The fourth-order valence-corrected chi connectivity index (χ4v) is 1.77. The Kier molecular flexibility index (Phi) is 6.46. The van der Waals surface area contributed by atoms with E-state index in [0.717, 1.165) is 30.9 Å². The van der Waals surface area contributed by atoms with Gasteiger partial charge in [0.2, 0.25) is 0 Å². The van der Waals surface area contributed by atoms with E-state index >= 15 is 0 Å². The summed E-state index contributed by atoms with van der Waals surface area (Å²) in [5.41, 5.74) is 0.885. The Balaban J connectivity index is 2.35. The second-order valence-electron chi connectivity index (χ2n) is 4.39. The van der Waals surface area contributed by atoms with Gasteiger partial charge in [0.15, 0.2) is 5.11 Å². The first-order chi connectivity index (χ1) is 8.63. The number of nitrogens with one attached hydrogen (secondary N) is 3. The molecule has 0 aliphatic rings. The van der Waals surface area contributed by atoms with Gasteiger partial charge in [0.25, 0.3) is 0 Å². The molecule has 0 amide bonds. The van der Waals surface area contributed by atoms with Crippen LogP contribution in [-0.4, -0.2) is 39.4 Å². The number of quaternary nitrogens is 1. The SMILES string of the molecule is COc1ccccc1NC(=S)NCCC[NH+](C)C. The Labute approximate surface area is 114 Å².